The second-order valence-electron chi connectivity index (χ2n) is 10.9. The maximum Gasteiger partial charge on any atom is 0.252 e. The molecule has 0 bridgehead atoms. The van der Waals surface area contributed by atoms with Crippen molar-refractivity contribution in [3.05, 3.63) is 77.4 Å². The largest absolute Gasteiger partial charge is 0.492 e. The summed E-state index contributed by atoms with van der Waals surface area (Å²) in [6, 6.07) is 20.2. The molecule has 0 aliphatic carbocycles. The number of pyridine rings is 1. The highest BCUT2D eigenvalue weighted by Gasteiger charge is 2.20. The van der Waals surface area contributed by atoms with Crippen LogP contribution in [0.15, 0.2) is 60.7 Å². The third-order valence-corrected chi connectivity index (χ3v) is 8.65. The van der Waals surface area contributed by atoms with Gasteiger partial charge in [-0.15, -0.1) is 11.3 Å². The molecule has 210 valence electrons. The Morgan fingerprint density at radius 3 is 2.62 bits per heavy atom. The zero-order valence-electron chi connectivity index (χ0n) is 24.1. The van der Waals surface area contributed by atoms with Crippen molar-refractivity contribution >= 4 is 33.1 Å². The number of para-hydroxylation sites is 1. The van der Waals surface area contributed by atoms with Crippen LogP contribution in [0.1, 0.15) is 34.5 Å². The van der Waals surface area contributed by atoms with Crippen molar-refractivity contribution in [2.45, 2.75) is 19.9 Å². The highest BCUT2D eigenvalue weighted by molar-refractivity contribution is 7.19. The molecule has 0 radical (unpaired) electrons. The molecular weight excluding hydrogens is 518 g/mol. The number of amides is 1. The number of fused-ring (bicyclic) bond motifs is 1. The molecule has 1 N–H and O–H groups in total. The van der Waals surface area contributed by atoms with Crippen molar-refractivity contribution in [2.24, 2.45) is 0 Å². The number of hydrogen-bond donors (Lipinski definition) is 1. The molecule has 7 nitrogen and oxygen atoms in total. The molecule has 1 aliphatic heterocycles. The minimum absolute atomic E-state index is 0.112. The quantitative estimate of drug-likeness (QED) is 0.295. The Hall–Kier alpha value is -3.46. The fourth-order valence-electron chi connectivity index (χ4n) is 4.98. The number of aryl methyl sites for hydroxylation is 1. The second kappa shape index (κ2) is 12.4. The van der Waals surface area contributed by atoms with Crippen LogP contribution in [-0.2, 0) is 0 Å². The lowest BCUT2D eigenvalue weighted by Crippen LogP contribution is -2.44. The van der Waals surface area contributed by atoms with Crippen molar-refractivity contribution < 1.29 is 9.53 Å². The topological polar surface area (TPSA) is 60.9 Å². The Labute approximate surface area is 241 Å². The molecule has 2 aromatic heterocycles. The fourth-order valence-corrected chi connectivity index (χ4v) is 6.00. The van der Waals surface area contributed by atoms with Gasteiger partial charge in [0.2, 0.25) is 0 Å². The van der Waals surface area contributed by atoms with Crippen molar-refractivity contribution in [3.63, 3.8) is 0 Å². The van der Waals surface area contributed by atoms with Gasteiger partial charge in [-0.05, 0) is 82.5 Å². The Bertz CT molecular complexity index is 1480. The number of likely N-dealkylation sites (N-methyl/N-ethyl adjacent to an activating group) is 2. The highest BCUT2D eigenvalue weighted by Crippen LogP contribution is 2.36. The van der Waals surface area contributed by atoms with Gasteiger partial charge in [0.05, 0.1) is 27.1 Å². The summed E-state index contributed by atoms with van der Waals surface area (Å²) < 4.78 is 5.89. The summed E-state index contributed by atoms with van der Waals surface area (Å²) in [5.41, 5.74) is 4.47. The standard InChI is InChI=1S/C32H39N5O2S/c1-22-10-11-24(39-19-18-35(3)4)20-26(22)32(38)33-23(2)27-21-29(34-28-9-7-6-8-25(27)28)30-12-13-31(40-30)37-16-14-36(5)15-17-37/h6-13,20-21,23H,14-19H2,1-5H3,(H,33,38)/t23-/m1/s1. The highest BCUT2D eigenvalue weighted by atomic mass is 32.1. The Morgan fingerprint density at radius 1 is 1.07 bits per heavy atom. The third kappa shape index (κ3) is 6.46. The smallest absolute Gasteiger partial charge is 0.252 e. The number of nitrogens with zero attached hydrogens (tertiary/aromatic N) is 4. The average molecular weight is 558 g/mol. The van der Waals surface area contributed by atoms with E-state index in [1.54, 1.807) is 11.3 Å². The number of rotatable bonds is 9. The van der Waals surface area contributed by atoms with E-state index in [9.17, 15) is 4.79 Å². The molecule has 4 aromatic rings. The summed E-state index contributed by atoms with van der Waals surface area (Å²) >= 11 is 1.79. The molecule has 2 aromatic carbocycles. The summed E-state index contributed by atoms with van der Waals surface area (Å²) in [6.07, 6.45) is 0. The van der Waals surface area contributed by atoms with E-state index in [4.69, 9.17) is 9.72 Å². The molecular formula is C32H39N5O2S. The van der Waals surface area contributed by atoms with Gasteiger partial charge in [-0.25, -0.2) is 4.98 Å². The summed E-state index contributed by atoms with van der Waals surface area (Å²) in [6.45, 7) is 9.61. The maximum atomic E-state index is 13.5. The van der Waals surface area contributed by atoms with Gasteiger partial charge in [0, 0.05) is 43.7 Å². The minimum Gasteiger partial charge on any atom is -0.492 e. The molecule has 8 heteroatoms. The normalized spacial score (nSPS) is 15.0. The molecule has 1 amide bonds. The maximum absolute atomic E-state index is 13.5. The SMILES string of the molecule is Cc1ccc(OCCN(C)C)cc1C(=O)N[C@H](C)c1cc(-c2ccc(N3CCN(C)CC3)s2)nc2ccccc12. The molecule has 1 aliphatic rings. The van der Waals surface area contributed by atoms with Gasteiger partial charge in [-0.2, -0.15) is 0 Å². The molecule has 0 spiro atoms. The number of anilines is 1. The van der Waals surface area contributed by atoms with Crippen LogP contribution in [-0.4, -0.2) is 81.2 Å². The zero-order chi connectivity index (χ0) is 28.2. The number of carbonyl (C=O) groups excluding carboxylic acids is 1. The molecule has 1 atom stereocenters. The molecule has 1 saturated heterocycles. The van der Waals surface area contributed by atoms with Crippen LogP contribution in [0.4, 0.5) is 5.00 Å². The molecule has 3 heterocycles. The Balaban J connectivity index is 1.39. The van der Waals surface area contributed by atoms with Gasteiger partial charge in [0.15, 0.2) is 0 Å². The van der Waals surface area contributed by atoms with E-state index in [1.807, 2.05) is 64.3 Å². The number of piperazine rings is 1. The van der Waals surface area contributed by atoms with E-state index < -0.39 is 0 Å². The third-order valence-electron chi connectivity index (χ3n) is 7.48. The first-order valence-electron chi connectivity index (χ1n) is 13.9. The van der Waals surface area contributed by atoms with E-state index in [0.717, 1.165) is 65.3 Å². The molecule has 0 unspecified atom stereocenters. The van der Waals surface area contributed by atoms with Crippen molar-refractivity contribution in [2.75, 3.05) is 65.4 Å². The van der Waals surface area contributed by atoms with Gasteiger partial charge in [0.1, 0.15) is 12.4 Å². The van der Waals surface area contributed by atoms with Crippen LogP contribution in [0.2, 0.25) is 0 Å². The van der Waals surface area contributed by atoms with Crippen LogP contribution >= 0.6 is 11.3 Å². The number of thiophene rings is 1. The number of hydrogen-bond acceptors (Lipinski definition) is 7. The molecule has 0 saturated carbocycles. The lowest BCUT2D eigenvalue weighted by molar-refractivity contribution is 0.0939. The van der Waals surface area contributed by atoms with Gasteiger partial charge >= 0.3 is 0 Å². The lowest BCUT2D eigenvalue weighted by atomic mass is 10.0. The van der Waals surface area contributed by atoms with Crippen LogP contribution in [0.3, 0.4) is 0 Å². The molecule has 40 heavy (non-hydrogen) atoms. The summed E-state index contributed by atoms with van der Waals surface area (Å²) in [4.78, 5) is 26.5. The number of nitrogens with one attached hydrogen (secondary N) is 1. The van der Waals surface area contributed by atoms with Gasteiger partial charge in [-0.3, -0.25) is 4.79 Å². The van der Waals surface area contributed by atoms with Crippen LogP contribution < -0.4 is 15.0 Å². The van der Waals surface area contributed by atoms with E-state index in [-0.39, 0.29) is 11.9 Å². The van der Waals surface area contributed by atoms with Crippen LogP contribution in [0.5, 0.6) is 5.75 Å². The predicted octanol–water partition coefficient (Wildman–Crippen LogP) is 5.45. The first kappa shape index (κ1) is 28.1. The van der Waals surface area contributed by atoms with Crippen LogP contribution in [0, 0.1) is 6.92 Å². The second-order valence-corrected chi connectivity index (χ2v) is 11.9. The lowest BCUT2D eigenvalue weighted by Gasteiger charge is -2.32. The number of aromatic nitrogens is 1. The summed E-state index contributed by atoms with van der Waals surface area (Å²) in [5, 5.41) is 5.58. The first-order valence-corrected chi connectivity index (χ1v) is 14.7. The number of benzene rings is 2. The van der Waals surface area contributed by atoms with Crippen molar-refractivity contribution in [1.82, 2.24) is 20.1 Å². The van der Waals surface area contributed by atoms with Crippen molar-refractivity contribution in [1.29, 1.82) is 0 Å². The van der Waals surface area contributed by atoms with Gasteiger partial charge < -0.3 is 24.8 Å². The van der Waals surface area contributed by atoms with E-state index in [0.29, 0.717) is 17.9 Å². The summed E-state index contributed by atoms with van der Waals surface area (Å²) in [7, 11) is 6.20. The van der Waals surface area contributed by atoms with Gasteiger partial charge in [-0.1, -0.05) is 24.3 Å². The average Bonchev–Trinajstić information content (AvgIpc) is 3.44. The van der Waals surface area contributed by atoms with E-state index in [2.05, 4.69) is 51.3 Å². The van der Waals surface area contributed by atoms with E-state index >= 15 is 0 Å². The zero-order valence-corrected chi connectivity index (χ0v) is 24.9. The summed E-state index contributed by atoms with van der Waals surface area (Å²) in [5.74, 6) is 0.592. The van der Waals surface area contributed by atoms with E-state index in [1.165, 1.54) is 5.00 Å². The molecule has 5 rings (SSSR count). The minimum atomic E-state index is -0.214. The van der Waals surface area contributed by atoms with Crippen molar-refractivity contribution in [3.8, 4) is 16.3 Å². The number of carbonyl (C=O) groups is 1. The first-order chi connectivity index (χ1) is 19.3. The van der Waals surface area contributed by atoms with Crippen LogP contribution in [0.25, 0.3) is 21.5 Å². The predicted molar refractivity (Wildman–Crippen MR) is 166 cm³/mol. The Kier molecular flexibility index (Phi) is 8.69. The number of ether oxygens (including phenoxy) is 1. The fraction of sp³-hybridized carbons (Fsp3) is 0.375. The Morgan fingerprint density at radius 2 is 1.85 bits per heavy atom. The van der Waals surface area contributed by atoms with Gasteiger partial charge in [0.25, 0.3) is 5.91 Å². The molecule has 1 fully saturated rings. The monoisotopic (exact) mass is 557 g/mol.